The highest BCUT2D eigenvalue weighted by atomic mass is 16.3. The zero-order valence-corrected chi connectivity index (χ0v) is 14.9. The molecule has 2 rings (SSSR count). The molecular weight excluding hydrogens is 306 g/mol. The van der Waals surface area contributed by atoms with E-state index in [-0.39, 0.29) is 18.4 Å². The van der Waals surface area contributed by atoms with Gasteiger partial charge >= 0.3 is 0 Å². The minimum Gasteiger partial charge on any atom is -0.395 e. The Morgan fingerprint density at radius 1 is 1.29 bits per heavy atom. The molecule has 2 heterocycles. The van der Waals surface area contributed by atoms with E-state index < -0.39 is 0 Å². The molecule has 2 aromatic heterocycles. The number of amides is 1. The zero-order valence-electron chi connectivity index (χ0n) is 14.9. The maximum absolute atomic E-state index is 12.8. The van der Waals surface area contributed by atoms with Gasteiger partial charge in [0.25, 0.3) is 11.9 Å². The molecule has 0 saturated heterocycles. The summed E-state index contributed by atoms with van der Waals surface area (Å²) in [4.78, 5) is 23.2. The predicted molar refractivity (Wildman–Crippen MR) is 91.4 cm³/mol. The molecule has 2 aromatic rings. The number of rotatable bonds is 6. The summed E-state index contributed by atoms with van der Waals surface area (Å²) in [6.45, 7) is 10.4. The second-order valence-corrected chi connectivity index (χ2v) is 6.09. The standard InChI is InChI=1S/C17H25N5O2/c1-6-21(7-8-23)16(24)14-10-22(20-15(14)11(2)3)17-18-12(4)9-13(5)19-17/h9-11,23H,6-8H2,1-5H3. The average Bonchev–Trinajstić information content (AvgIpc) is 2.96. The van der Waals surface area contributed by atoms with Gasteiger partial charge in [0.05, 0.1) is 17.9 Å². The lowest BCUT2D eigenvalue weighted by molar-refractivity contribution is 0.0730. The minimum absolute atomic E-state index is 0.0646. The maximum Gasteiger partial charge on any atom is 0.257 e. The number of likely N-dealkylation sites (N-methyl/N-ethyl adjacent to an activating group) is 1. The van der Waals surface area contributed by atoms with Crippen molar-refractivity contribution in [1.29, 1.82) is 0 Å². The van der Waals surface area contributed by atoms with Crippen LogP contribution in [0.5, 0.6) is 0 Å². The van der Waals surface area contributed by atoms with Gasteiger partial charge in [0.1, 0.15) is 0 Å². The van der Waals surface area contributed by atoms with E-state index in [2.05, 4.69) is 15.1 Å². The molecule has 0 atom stereocenters. The summed E-state index contributed by atoms with van der Waals surface area (Å²) in [5, 5.41) is 13.7. The summed E-state index contributed by atoms with van der Waals surface area (Å²) < 4.78 is 1.56. The first-order valence-electron chi connectivity index (χ1n) is 8.19. The van der Waals surface area contributed by atoms with Crippen LogP contribution in [-0.4, -0.2) is 55.4 Å². The highest BCUT2D eigenvalue weighted by molar-refractivity contribution is 5.95. The second kappa shape index (κ2) is 7.53. The normalized spacial score (nSPS) is 11.1. The molecule has 0 aliphatic heterocycles. The Balaban J connectivity index is 2.49. The van der Waals surface area contributed by atoms with Crippen molar-refractivity contribution in [3.63, 3.8) is 0 Å². The number of nitrogens with zero attached hydrogens (tertiary/aromatic N) is 5. The third-order valence-electron chi connectivity index (χ3n) is 3.73. The zero-order chi connectivity index (χ0) is 17.9. The number of aryl methyl sites for hydroxylation is 2. The van der Waals surface area contributed by atoms with E-state index in [1.807, 2.05) is 40.7 Å². The summed E-state index contributed by atoms with van der Waals surface area (Å²) in [7, 11) is 0. The molecule has 0 fully saturated rings. The van der Waals surface area contributed by atoms with Gasteiger partial charge in [-0.05, 0) is 32.8 Å². The third-order valence-corrected chi connectivity index (χ3v) is 3.73. The highest BCUT2D eigenvalue weighted by Gasteiger charge is 2.23. The number of aliphatic hydroxyl groups excluding tert-OH is 1. The molecular formula is C17H25N5O2. The molecule has 7 heteroatoms. The van der Waals surface area contributed by atoms with Crippen LogP contribution in [0.4, 0.5) is 0 Å². The first-order chi connectivity index (χ1) is 11.4. The quantitative estimate of drug-likeness (QED) is 0.873. The van der Waals surface area contributed by atoms with E-state index in [0.717, 1.165) is 11.4 Å². The van der Waals surface area contributed by atoms with Crippen molar-refractivity contribution >= 4 is 5.91 Å². The van der Waals surface area contributed by atoms with Crippen LogP contribution in [0.2, 0.25) is 0 Å². The molecule has 0 unspecified atom stereocenters. The van der Waals surface area contributed by atoms with Crippen molar-refractivity contribution in [3.05, 3.63) is 34.9 Å². The van der Waals surface area contributed by atoms with Crippen LogP contribution in [0.15, 0.2) is 12.3 Å². The van der Waals surface area contributed by atoms with E-state index >= 15 is 0 Å². The smallest absolute Gasteiger partial charge is 0.257 e. The molecule has 0 radical (unpaired) electrons. The Morgan fingerprint density at radius 3 is 2.42 bits per heavy atom. The van der Waals surface area contributed by atoms with E-state index in [1.165, 1.54) is 0 Å². The van der Waals surface area contributed by atoms with Gasteiger partial charge in [0.15, 0.2) is 0 Å². The van der Waals surface area contributed by atoms with Gasteiger partial charge in [-0.15, -0.1) is 0 Å². The lowest BCUT2D eigenvalue weighted by Crippen LogP contribution is -2.33. The lowest BCUT2D eigenvalue weighted by Gasteiger charge is -2.19. The number of carbonyl (C=O) groups is 1. The van der Waals surface area contributed by atoms with Gasteiger partial charge in [-0.1, -0.05) is 13.8 Å². The Hall–Kier alpha value is -2.28. The molecule has 0 saturated carbocycles. The fourth-order valence-electron chi connectivity index (χ4n) is 2.59. The molecule has 0 aliphatic rings. The average molecular weight is 331 g/mol. The summed E-state index contributed by atoms with van der Waals surface area (Å²) >= 11 is 0. The monoisotopic (exact) mass is 331 g/mol. The Labute approximate surface area is 142 Å². The molecule has 24 heavy (non-hydrogen) atoms. The van der Waals surface area contributed by atoms with Crippen molar-refractivity contribution in [2.24, 2.45) is 0 Å². The summed E-state index contributed by atoms with van der Waals surface area (Å²) in [5.74, 6) is 0.411. The Kier molecular flexibility index (Phi) is 5.66. The van der Waals surface area contributed by atoms with Crippen molar-refractivity contribution in [2.75, 3.05) is 19.7 Å². The fourth-order valence-corrected chi connectivity index (χ4v) is 2.59. The van der Waals surface area contributed by atoms with Crippen LogP contribution in [0, 0.1) is 13.8 Å². The van der Waals surface area contributed by atoms with Gasteiger partial charge < -0.3 is 10.0 Å². The SMILES string of the molecule is CCN(CCO)C(=O)c1cn(-c2nc(C)cc(C)n2)nc1C(C)C. The number of hydrogen-bond acceptors (Lipinski definition) is 5. The maximum atomic E-state index is 12.8. The van der Waals surface area contributed by atoms with Crippen LogP contribution in [0.25, 0.3) is 5.95 Å². The lowest BCUT2D eigenvalue weighted by atomic mass is 10.1. The van der Waals surface area contributed by atoms with E-state index in [4.69, 9.17) is 5.11 Å². The summed E-state index contributed by atoms with van der Waals surface area (Å²) in [6.07, 6.45) is 1.69. The molecule has 7 nitrogen and oxygen atoms in total. The molecule has 130 valence electrons. The minimum atomic E-state index is -0.133. The summed E-state index contributed by atoms with van der Waals surface area (Å²) in [6, 6.07) is 1.89. The van der Waals surface area contributed by atoms with E-state index in [9.17, 15) is 4.79 Å². The molecule has 1 N–H and O–H groups in total. The first-order valence-corrected chi connectivity index (χ1v) is 8.19. The second-order valence-electron chi connectivity index (χ2n) is 6.09. The summed E-state index contributed by atoms with van der Waals surface area (Å²) in [5.41, 5.74) is 2.94. The topological polar surface area (TPSA) is 84.1 Å². The van der Waals surface area contributed by atoms with Crippen LogP contribution >= 0.6 is 0 Å². The van der Waals surface area contributed by atoms with Crippen LogP contribution in [-0.2, 0) is 0 Å². The van der Waals surface area contributed by atoms with Crippen molar-refractivity contribution in [2.45, 2.75) is 40.5 Å². The van der Waals surface area contributed by atoms with Gasteiger partial charge in [-0.2, -0.15) is 5.10 Å². The van der Waals surface area contributed by atoms with Crippen LogP contribution < -0.4 is 0 Å². The van der Waals surface area contributed by atoms with Gasteiger partial charge in [0, 0.05) is 30.7 Å². The first kappa shape index (κ1) is 18.1. The van der Waals surface area contributed by atoms with Crippen LogP contribution in [0.3, 0.4) is 0 Å². The largest absolute Gasteiger partial charge is 0.395 e. The van der Waals surface area contributed by atoms with Gasteiger partial charge in [0.2, 0.25) is 0 Å². The molecule has 0 aromatic carbocycles. The van der Waals surface area contributed by atoms with Crippen LogP contribution in [0.1, 0.15) is 54.1 Å². The van der Waals surface area contributed by atoms with Crippen molar-refractivity contribution in [1.82, 2.24) is 24.6 Å². The predicted octanol–water partition coefficient (Wildman–Crippen LogP) is 1.86. The van der Waals surface area contributed by atoms with Gasteiger partial charge in [-0.25, -0.2) is 14.6 Å². The third kappa shape index (κ3) is 3.79. The molecule has 0 aliphatic carbocycles. The van der Waals surface area contributed by atoms with E-state index in [1.54, 1.807) is 15.8 Å². The van der Waals surface area contributed by atoms with E-state index in [0.29, 0.717) is 30.3 Å². The fraction of sp³-hybridized carbons (Fsp3) is 0.529. The van der Waals surface area contributed by atoms with Crippen molar-refractivity contribution < 1.29 is 9.90 Å². The Morgan fingerprint density at radius 2 is 1.92 bits per heavy atom. The molecule has 0 spiro atoms. The van der Waals surface area contributed by atoms with Crippen molar-refractivity contribution in [3.8, 4) is 5.95 Å². The number of aliphatic hydroxyl groups is 1. The number of hydrogen-bond donors (Lipinski definition) is 1. The Bertz CT molecular complexity index is 704. The molecule has 1 amide bonds. The molecule has 0 bridgehead atoms. The number of aromatic nitrogens is 4. The number of carbonyl (C=O) groups excluding carboxylic acids is 1. The highest BCUT2D eigenvalue weighted by Crippen LogP contribution is 2.21. The van der Waals surface area contributed by atoms with Gasteiger partial charge in [-0.3, -0.25) is 4.79 Å².